The Kier molecular flexibility index (Phi) is 276. The van der Waals surface area contributed by atoms with Crippen LogP contribution in [0.15, 0.2) is 0 Å². The van der Waals surface area contributed by atoms with Crippen LogP contribution in [0.1, 0.15) is 0 Å². The van der Waals surface area contributed by atoms with Gasteiger partial charge in [-0.15, -0.1) is 0 Å². The summed E-state index contributed by atoms with van der Waals surface area (Å²) < 4.78 is 0. The van der Waals surface area contributed by atoms with Crippen LogP contribution in [0.25, 0.3) is 0 Å². The molecule has 0 bridgehead atoms. The van der Waals surface area contributed by atoms with Gasteiger partial charge in [0.25, 0.3) is 0 Å². The fourth-order valence-electron chi connectivity index (χ4n) is 0. The molecule has 0 saturated carbocycles. The molecule has 0 unspecified atom stereocenters. The average molecular weight is 1300 g/mol. The number of hydrogen-bond acceptors (Lipinski definition) is 0. The maximum Gasteiger partial charge on any atom is 0 e. The van der Waals surface area contributed by atoms with Crippen molar-refractivity contribution in [2.75, 3.05) is 0 Å². The second-order valence-corrected chi connectivity index (χ2v) is 0. The minimum atomic E-state index is 0. The van der Waals surface area contributed by atoms with Crippen LogP contribution in [0.3, 0.4) is 0 Å². The molecule has 0 amide bonds. The van der Waals surface area contributed by atoms with Crippen LogP contribution in [0.2, 0.25) is 0 Å². The summed E-state index contributed by atoms with van der Waals surface area (Å²) in [5.74, 6) is 0. The molecule has 0 atom stereocenters. The molecular formula is Ba5Tl3. The van der Waals surface area contributed by atoms with Crippen LogP contribution in [0.5, 0.6) is 0 Å². The van der Waals surface area contributed by atoms with E-state index in [9.17, 15) is 0 Å². The first-order valence-corrected chi connectivity index (χ1v) is 0. The molecule has 19 valence electrons. The van der Waals surface area contributed by atoms with Crippen LogP contribution in [0, 0.1) is 0 Å². The van der Waals surface area contributed by atoms with E-state index in [1.807, 2.05) is 0 Å². The Morgan fingerprint density at radius 2 is 0.250 bits per heavy atom. The second-order valence-electron chi connectivity index (χ2n) is 0. The third kappa shape index (κ3) is 36.0. The van der Waals surface area contributed by atoms with Crippen LogP contribution < -0.4 is 0 Å². The standard InChI is InChI=1S/5Ba.3Tl. The molecule has 8 heteroatoms. The molecule has 0 fully saturated rings. The average Bonchev–Trinajstić information content (AvgIpc) is 0. The number of hydrogen-bond donors (Lipinski definition) is 0. The molecule has 0 spiro atoms. The van der Waals surface area contributed by atoms with E-state index in [1.165, 1.54) is 0 Å². The molecule has 0 aliphatic carbocycles. The van der Waals surface area contributed by atoms with Gasteiger partial charge in [-0.2, -0.15) is 0 Å². The Labute approximate surface area is 313 Å². The Bertz CT molecular complexity index is 7.64. The van der Waals surface area contributed by atoms with Crippen molar-refractivity contribution in [3.8, 4) is 0 Å². The fourth-order valence-corrected chi connectivity index (χ4v) is 0. The molecular weight excluding hydrogens is 1300 g/mol. The smallest absolute Gasteiger partial charge is 0 e. The minimum Gasteiger partial charge on any atom is 0 e. The molecule has 0 aliphatic rings. The summed E-state index contributed by atoms with van der Waals surface area (Å²) in [5.41, 5.74) is 0. The van der Waals surface area contributed by atoms with Crippen molar-refractivity contribution in [2.24, 2.45) is 0 Å². The van der Waals surface area contributed by atoms with Gasteiger partial charge in [-0.05, 0) is 0 Å². The van der Waals surface area contributed by atoms with E-state index in [0.29, 0.717) is 0 Å². The number of rotatable bonds is 0. The van der Waals surface area contributed by atoms with Gasteiger partial charge in [-0.1, -0.05) is 0 Å². The van der Waals surface area contributed by atoms with E-state index in [2.05, 4.69) is 0 Å². The van der Waals surface area contributed by atoms with E-state index in [4.69, 9.17) is 0 Å². The zero-order chi connectivity index (χ0) is 0. The van der Waals surface area contributed by atoms with Crippen molar-refractivity contribution in [3.63, 3.8) is 0 Å². The van der Waals surface area contributed by atoms with Gasteiger partial charge in [-0.25, -0.2) is 0 Å². The largest absolute Gasteiger partial charge is 0 e. The predicted molar refractivity (Wildman–Crippen MR) is 46.0 cm³/mol. The summed E-state index contributed by atoms with van der Waals surface area (Å²) >= 11 is 0. The van der Waals surface area contributed by atoms with E-state index in [-0.39, 0.29) is 326 Å². The van der Waals surface area contributed by atoms with Crippen molar-refractivity contribution in [2.45, 2.75) is 0 Å². The monoisotopic (exact) mass is 1300 g/mol. The minimum absolute atomic E-state index is 0. The Morgan fingerprint density at radius 3 is 0.250 bits per heavy atom. The first-order chi connectivity index (χ1) is 0. The molecule has 0 heterocycles. The van der Waals surface area contributed by atoms with Gasteiger partial charge in [0.1, 0.15) is 0 Å². The predicted octanol–water partition coefficient (Wildman–Crippen LogP) is -3.05. The summed E-state index contributed by atoms with van der Waals surface area (Å²) in [6, 6.07) is 0. The maximum absolute atomic E-state index is 0. The SMILES string of the molecule is [Ba].[Ba].[Ba].[Ba].[Ba].[Tl].[Tl].[Tl]. The van der Waals surface area contributed by atoms with E-state index in [0.717, 1.165) is 0 Å². The van der Waals surface area contributed by atoms with Gasteiger partial charge >= 0.3 is 0 Å². The topological polar surface area (TPSA) is 0 Å². The Hall–Kier alpha value is 10.6. The normalized spacial score (nSPS) is 0. The van der Waals surface area contributed by atoms with Crippen molar-refractivity contribution < 1.29 is 0 Å². The van der Waals surface area contributed by atoms with Gasteiger partial charge in [0.05, 0.1) is 0 Å². The van der Waals surface area contributed by atoms with E-state index < -0.39 is 0 Å². The zero-order valence-corrected chi connectivity index (χ0v) is 40.9. The molecule has 0 nitrogen and oxygen atoms in total. The second kappa shape index (κ2) is 43.2. The Balaban J connectivity index is 0. The molecule has 0 aromatic carbocycles. The summed E-state index contributed by atoms with van der Waals surface area (Å²) in [5, 5.41) is 0. The van der Waals surface area contributed by atoms with Crippen LogP contribution >= 0.6 is 0 Å². The molecule has 0 N–H and O–H groups in total. The van der Waals surface area contributed by atoms with E-state index in [1.54, 1.807) is 0 Å². The molecule has 0 aromatic heterocycles. The maximum atomic E-state index is 0. The van der Waals surface area contributed by atoms with E-state index >= 15 is 0 Å². The van der Waals surface area contributed by atoms with Gasteiger partial charge in [-0.3, -0.25) is 0 Å². The molecule has 8 heavy (non-hydrogen) atoms. The fraction of sp³-hybridized carbons (Fsp3) is 0. The van der Waals surface area contributed by atoms with Crippen molar-refractivity contribution >= 4 is 326 Å². The summed E-state index contributed by atoms with van der Waals surface area (Å²) in [7, 11) is 0. The first kappa shape index (κ1) is 51.3. The van der Waals surface area contributed by atoms with Crippen molar-refractivity contribution in [1.29, 1.82) is 0 Å². The van der Waals surface area contributed by atoms with Gasteiger partial charge in [0.15, 0.2) is 0 Å². The Morgan fingerprint density at radius 1 is 0.250 bits per heavy atom. The van der Waals surface area contributed by atoms with Crippen LogP contribution in [-0.4, -0.2) is 326 Å². The quantitative estimate of drug-likeness (QED) is 0.227. The summed E-state index contributed by atoms with van der Waals surface area (Å²) in [4.78, 5) is 0. The molecule has 0 rings (SSSR count). The van der Waals surface area contributed by atoms with Gasteiger partial charge < -0.3 is 0 Å². The zero-order valence-electron chi connectivity index (χ0n) is 5.27. The third-order valence-electron chi connectivity index (χ3n) is 0. The van der Waals surface area contributed by atoms with Crippen LogP contribution in [-0.2, 0) is 0 Å². The van der Waals surface area contributed by atoms with Gasteiger partial charge in [0, 0.05) is 326 Å². The molecule has 13 radical (unpaired) electrons. The van der Waals surface area contributed by atoms with Gasteiger partial charge in [0.2, 0.25) is 0 Å². The third-order valence-corrected chi connectivity index (χ3v) is 0. The van der Waals surface area contributed by atoms with Crippen molar-refractivity contribution in [1.82, 2.24) is 0 Å². The molecule has 0 saturated heterocycles. The van der Waals surface area contributed by atoms with Crippen LogP contribution in [0.4, 0.5) is 0 Å². The first-order valence-electron chi connectivity index (χ1n) is 0. The molecule has 0 aliphatic heterocycles. The summed E-state index contributed by atoms with van der Waals surface area (Å²) in [6.45, 7) is 0. The summed E-state index contributed by atoms with van der Waals surface area (Å²) in [6.07, 6.45) is 0. The molecule has 0 aromatic rings. The van der Waals surface area contributed by atoms with Crippen molar-refractivity contribution in [3.05, 3.63) is 0 Å².